The molecule has 0 unspecified atom stereocenters. The zero-order valence-corrected chi connectivity index (χ0v) is 13.6. The molecule has 0 spiro atoms. The van der Waals surface area contributed by atoms with Crippen LogP contribution in [0, 0.1) is 5.82 Å². The van der Waals surface area contributed by atoms with Crippen molar-refractivity contribution >= 4 is 43.5 Å². The van der Waals surface area contributed by atoms with Gasteiger partial charge in [-0.1, -0.05) is 15.9 Å². The van der Waals surface area contributed by atoms with Crippen LogP contribution in [0.25, 0.3) is 0 Å². The van der Waals surface area contributed by atoms with Crippen LogP contribution in [0.4, 0.5) is 10.1 Å². The standard InChI is InChI=1S/C14H10Br2FNO2/c1-20-13-5-3-9(15)7-12(13)18-14(19)8-2-4-11(17)10(16)6-8/h2-7H,1H3,(H,18,19). The lowest BCUT2D eigenvalue weighted by Crippen LogP contribution is -2.12. The molecule has 1 N–H and O–H groups in total. The molecular weight excluding hydrogens is 393 g/mol. The van der Waals surface area contributed by atoms with Crippen molar-refractivity contribution in [3.8, 4) is 5.75 Å². The maximum absolute atomic E-state index is 13.2. The highest BCUT2D eigenvalue weighted by Crippen LogP contribution is 2.28. The first kappa shape index (κ1) is 15.0. The normalized spacial score (nSPS) is 10.2. The second kappa shape index (κ2) is 6.37. The fraction of sp³-hybridized carbons (Fsp3) is 0.0714. The van der Waals surface area contributed by atoms with E-state index in [9.17, 15) is 9.18 Å². The Kier molecular flexibility index (Phi) is 4.77. The van der Waals surface area contributed by atoms with Crippen LogP contribution in [0.3, 0.4) is 0 Å². The highest BCUT2D eigenvalue weighted by molar-refractivity contribution is 9.10. The maximum Gasteiger partial charge on any atom is 0.255 e. The van der Waals surface area contributed by atoms with Crippen LogP contribution in [-0.2, 0) is 0 Å². The summed E-state index contributed by atoms with van der Waals surface area (Å²) in [6, 6.07) is 9.35. The number of rotatable bonds is 3. The predicted octanol–water partition coefficient (Wildman–Crippen LogP) is 4.61. The van der Waals surface area contributed by atoms with Crippen LogP contribution in [0.15, 0.2) is 45.3 Å². The molecule has 0 aromatic heterocycles. The molecule has 0 bridgehead atoms. The molecule has 0 saturated heterocycles. The first-order chi connectivity index (χ1) is 9.51. The fourth-order valence-corrected chi connectivity index (χ4v) is 2.35. The molecule has 6 heteroatoms. The molecule has 0 atom stereocenters. The molecule has 20 heavy (non-hydrogen) atoms. The molecule has 104 valence electrons. The minimum Gasteiger partial charge on any atom is -0.495 e. The number of ether oxygens (including phenoxy) is 1. The van der Waals surface area contributed by atoms with Crippen LogP contribution < -0.4 is 10.1 Å². The first-order valence-electron chi connectivity index (χ1n) is 5.61. The fourth-order valence-electron chi connectivity index (χ4n) is 1.61. The molecular formula is C14H10Br2FNO2. The van der Waals surface area contributed by atoms with E-state index in [0.717, 1.165) is 4.47 Å². The van der Waals surface area contributed by atoms with E-state index < -0.39 is 5.82 Å². The van der Waals surface area contributed by atoms with Gasteiger partial charge in [-0.2, -0.15) is 0 Å². The smallest absolute Gasteiger partial charge is 0.255 e. The summed E-state index contributed by atoms with van der Waals surface area (Å²) < 4.78 is 19.4. The summed E-state index contributed by atoms with van der Waals surface area (Å²) in [5.41, 5.74) is 0.882. The first-order valence-corrected chi connectivity index (χ1v) is 7.20. The highest BCUT2D eigenvalue weighted by atomic mass is 79.9. The Balaban J connectivity index is 2.27. The molecule has 2 rings (SSSR count). The molecule has 0 saturated carbocycles. The minimum absolute atomic E-state index is 0.242. The molecule has 2 aromatic carbocycles. The summed E-state index contributed by atoms with van der Waals surface area (Å²) in [6.45, 7) is 0. The number of methoxy groups -OCH3 is 1. The van der Waals surface area contributed by atoms with Crippen LogP contribution in [0.5, 0.6) is 5.75 Å². The number of hydrogen-bond donors (Lipinski definition) is 1. The van der Waals surface area contributed by atoms with Crippen LogP contribution >= 0.6 is 31.9 Å². The monoisotopic (exact) mass is 401 g/mol. The highest BCUT2D eigenvalue weighted by Gasteiger charge is 2.12. The van der Waals surface area contributed by atoms with Gasteiger partial charge in [0, 0.05) is 10.0 Å². The molecule has 0 fully saturated rings. The van der Waals surface area contributed by atoms with E-state index in [-0.39, 0.29) is 10.4 Å². The molecule has 0 heterocycles. The van der Waals surface area contributed by atoms with Gasteiger partial charge < -0.3 is 10.1 Å². The number of carbonyl (C=O) groups excluding carboxylic acids is 1. The van der Waals surface area contributed by atoms with Crippen molar-refractivity contribution in [1.82, 2.24) is 0 Å². The van der Waals surface area contributed by atoms with E-state index in [2.05, 4.69) is 37.2 Å². The SMILES string of the molecule is COc1ccc(Br)cc1NC(=O)c1ccc(F)c(Br)c1. The van der Waals surface area contributed by atoms with Gasteiger partial charge in [-0.15, -0.1) is 0 Å². The Morgan fingerprint density at radius 3 is 2.60 bits per heavy atom. The van der Waals surface area contributed by atoms with Gasteiger partial charge in [0.2, 0.25) is 0 Å². The summed E-state index contributed by atoms with van der Waals surface area (Å²) in [5, 5.41) is 2.73. The Bertz CT molecular complexity index is 662. The number of anilines is 1. The van der Waals surface area contributed by atoms with E-state index >= 15 is 0 Å². The molecule has 0 radical (unpaired) electrons. The average molecular weight is 403 g/mol. The third-order valence-electron chi connectivity index (χ3n) is 2.59. The molecule has 1 amide bonds. The molecule has 0 aliphatic carbocycles. The maximum atomic E-state index is 13.2. The van der Waals surface area contributed by atoms with Crippen LogP contribution in [-0.4, -0.2) is 13.0 Å². The third-order valence-corrected chi connectivity index (χ3v) is 3.69. The van der Waals surface area contributed by atoms with Crippen molar-refractivity contribution in [3.63, 3.8) is 0 Å². The van der Waals surface area contributed by atoms with Gasteiger partial charge in [0.1, 0.15) is 11.6 Å². The van der Waals surface area contributed by atoms with Gasteiger partial charge in [0.15, 0.2) is 0 Å². The lowest BCUT2D eigenvalue weighted by molar-refractivity contribution is 0.102. The second-order valence-corrected chi connectivity index (χ2v) is 5.70. The van der Waals surface area contributed by atoms with Gasteiger partial charge in [0.25, 0.3) is 5.91 Å². The Morgan fingerprint density at radius 1 is 1.20 bits per heavy atom. The van der Waals surface area contributed by atoms with E-state index in [4.69, 9.17) is 4.74 Å². The van der Waals surface area contributed by atoms with E-state index in [0.29, 0.717) is 17.0 Å². The number of carbonyl (C=O) groups is 1. The van der Waals surface area contributed by atoms with Gasteiger partial charge in [-0.05, 0) is 52.3 Å². The van der Waals surface area contributed by atoms with Gasteiger partial charge >= 0.3 is 0 Å². The average Bonchev–Trinajstić information content (AvgIpc) is 2.42. The van der Waals surface area contributed by atoms with Gasteiger partial charge in [-0.25, -0.2) is 4.39 Å². The third kappa shape index (κ3) is 3.37. The Hall–Kier alpha value is -1.40. The Morgan fingerprint density at radius 2 is 1.95 bits per heavy atom. The van der Waals surface area contributed by atoms with Crippen molar-refractivity contribution in [3.05, 3.63) is 56.7 Å². The summed E-state index contributed by atoms with van der Waals surface area (Å²) in [4.78, 5) is 12.1. The minimum atomic E-state index is -0.415. The lowest BCUT2D eigenvalue weighted by Gasteiger charge is -2.11. The number of hydrogen-bond acceptors (Lipinski definition) is 2. The van der Waals surface area contributed by atoms with Crippen molar-refractivity contribution in [1.29, 1.82) is 0 Å². The summed E-state index contributed by atoms with van der Waals surface area (Å²) in [6.07, 6.45) is 0. The van der Waals surface area contributed by atoms with Gasteiger partial charge in [0.05, 0.1) is 17.3 Å². The summed E-state index contributed by atoms with van der Waals surface area (Å²) in [5.74, 6) is -0.216. The van der Waals surface area contributed by atoms with Crippen molar-refractivity contribution in [2.45, 2.75) is 0 Å². The van der Waals surface area contributed by atoms with Gasteiger partial charge in [-0.3, -0.25) is 4.79 Å². The van der Waals surface area contributed by atoms with Crippen molar-refractivity contribution < 1.29 is 13.9 Å². The lowest BCUT2D eigenvalue weighted by atomic mass is 10.2. The number of halogens is 3. The number of nitrogens with one attached hydrogen (secondary N) is 1. The Labute approximate surface area is 132 Å². The van der Waals surface area contributed by atoms with Crippen molar-refractivity contribution in [2.24, 2.45) is 0 Å². The van der Waals surface area contributed by atoms with Crippen LogP contribution in [0.2, 0.25) is 0 Å². The molecule has 0 aliphatic heterocycles. The van der Waals surface area contributed by atoms with E-state index in [1.165, 1.54) is 25.3 Å². The van der Waals surface area contributed by atoms with Crippen molar-refractivity contribution in [2.75, 3.05) is 12.4 Å². The second-order valence-electron chi connectivity index (χ2n) is 3.93. The summed E-state index contributed by atoms with van der Waals surface area (Å²) in [7, 11) is 1.52. The van der Waals surface area contributed by atoms with E-state index in [1.807, 2.05) is 6.07 Å². The number of benzene rings is 2. The zero-order valence-electron chi connectivity index (χ0n) is 10.4. The zero-order chi connectivity index (χ0) is 14.7. The quantitative estimate of drug-likeness (QED) is 0.813. The largest absolute Gasteiger partial charge is 0.495 e. The van der Waals surface area contributed by atoms with E-state index in [1.54, 1.807) is 12.1 Å². The number of amides is 1. The topological polar surface area (TPSA) is 38.3 Å². The van der Waals surface area contributed by atoms with Crippen LogP contribution in [0.1, 0.15) is 10.4 Å². The predicted molar refractivity (Wildman–Crippen MR) is 82.7 cm³/mol. The molecule has 2 aromatic rings. The summed E-state index contributed by atoms with van der Waals surface area (Å²) >= 11 is 6.38. The molecule has 0 aliphatic rings. The molecule has 3 nitrogen and oxygen atoms in total.